The molecule has 1 unspecified atom stereocenters. The summed E-state index contributed by atoms with van der Waals surface area (Å²) >= 11 is 0. The van der Waals surface area contributed by atoms with Crippen molar-refractivity contribution >= 4 is 5.82 Å². The molecule has 1 rings (SSSR count). The van der Waals surface area contributed by atoms with Crippen molar-refractivity contribution in [3.05, 3.63) is 22.7 Å². The van der Waals surface area contributed by atoms with Gasteiger partial charge in [-0.05, 0) is 13.3 Å². The van der Waals surface area contributed by atoms with E-state index in [-0.39, 0.29) is 24.0 Å². The van der Waals surface area contributed by atoms with Crippen molar-refractivity contribution in [1.82, 2.24) is 9.55 Å². The molecule has 0 aliphatic heterocycles. The van der Waals surface area contributed by atoms with Gasteiger partial charge in [-0.3, -0.25) is 4.79 Å². The van der Waals surface area contributed by atoms with Gasteiger partial charge in [-0.2, -0.15) is 0 Å². The van der Waals surface area contributed by atoms with Crippen molar-refractivity contribution < 1.29 is 9.84 Å². The molecule has 0 amide bonds. The fourth-order valence-electron chi connectivity index (χ4n) is 1.46. The second kappa shape index (κ2) is 7.03. The Morgan fingerprint density at radius 3 is 3.00 bits per heavy atom. The minimum atomic E-state index is -0.220. The Labute approximate surface area is 100 Å². The van der Waals surface area contributed by atoms with Crippen LogP contribution in [0.1, 0.15) is 13.3 Å². The first-order chi connectivity index (χ1) is 8.22. The standard InChI is InChI=1S/C11H19N3O3/c1-3-14-6-5-12-10(11(14)16)13-9(8-15)4-7-17-2/h5-6,9,15H,3-4,7-8H2,1-2H3,(H,12,13). The van der Waals surface area contributed by atoms with Gasteiger partial charge in [-0.1, -0.05) is 0 Å². The monoisotopic (exact) mass is 241 g/mol. The summed E-state index contributed by atoms with van der Waals surface area (Å²) in [7, 11) is 1.60. The number of aryl methyl sites for hydroxylation is 1. The maximum Gasteiger partial charge on any atom is 0.293 e. The van der Waals surface area contributed by atoms with E-state index in [1.54, 1.807) is 24.1 Å². The minimum absolute atomic E-state index is 0.0640. The summed E-state index contributed by atoms with van der Waals surface area (Å²) in [5.41, 5.74) is -0.175. The molecule has 96 valence electrons. The number of nitrogens with one attached hydrogen (secondary N) is 1. The highest BCUT2D eigenvalue weighted by atomic mass is 16.5. The van der Waals surface area contributed by atoms with E-state index in [4.69, 9.17) is 4.74 Å². The zero-order valence-electron chi connectivity index (χ0n) is 10.2. The zero-order valence-corrected chi connectivity index (χ0v) is 10.2. The number of hydrogen-bond donors (Lipinski definition) is 2. The fraction of sp³-hybridized carbons (Fsp3) is 0.636. The predicted octanol–water partition coefficient (Wildman–Crippen LogP) is 0.0725. The number of ether oxygens (including phenoxy) is 1. The summed E-state index contributed by atoms with van der Waals surface area (Å²) in [6.45, 7) is 2.94. The molecule has 0 saturated carbocycles. The lowest BCUT2D eigenvalue weighted by atomic mass is 10.2. The first-order valence-corrected chi connectivity index (χ1v) is 5.64. The van der Waals surface area contributed by atoms with Gasteiger partial charge in [0.15, 0.2) is 5.82 Å². The molecule has 1 heterocycles. The number of hydrogen-bond acceptors (Lipinski definition) is 5. The van der Waals surface area contributed by atoms with Crippen LogP contribution in [0.25, 0.3) is 0 Å². The van der Waals surface area contributed by atoms with Gasteiger partial charge < -0.3 is 19.7 Å². The summed E-state index contributed by atoms with van der Waals surface area (Å²) in [5, 5.41) is 12.1. The van der Waals surface area contributed by atoms with E-state index in [2.05, 4.69) is 10.3 Å². The van der Waals surface area contributed by atoms with Crippen LogP contribution in [0.3, 0.4) is 0 Å². The third kappa shape index (κ3) is 3.83. The van der Waals surface area contributed by atoms with E-state index < -0.39 is 0 Å². The van der Waals surface area contributed by atoms with E-state index in [0.717, 1.165) is 0 Å². The van der Waals surface area contributed by atoms with Gasteiger partial charge in [0.1, 0.15) is 0 Å². The van der Waals surface area contributed by atoms with Crippen molar-refractivity contribution in [2.45, 2.75) is 25.9 Å². The Kier molecular flexibility index (Phi) is 5.65. The lowest BCUT2D eigenvalue weighted by molar-refractivity contribution is 0.174. The van der Waals surface area contributed by atoms with Gasteiger partial charge in [0.25, 0.3) is 5.56 Å². The quantitative estimate of drug-likeness (QED) is 0.706. The lowest BCUT2D eigenvalue weighted by Crippen LogP contribution is -2.31. The first kappa shape index (κ1) is 13.7. The van der Waals surface area contributed by atoms with Crippen LogP contribution in [-0.4, -0.2) is 41.0 Å². The van der Waals surface area contributed by atoms with Crippen LogP contribution in [-0.2, 0) is 11.3 Å². The Balaban J connectivity index is 2.75. The Hall–Kier alpha value is -1.40. The van der Waals surface area contributed by atoms with E-state index >= 15 is 0 Å². The smallest absolute Gasteiger partial charge is 0.293 e. The number of aliphatic hydroxyl groups excluding tert-OH is 1. The topological polar surface area (TPSA) is 76.4 Å². The van der Waals surface area contributed by atoms with Crippen LogP contribution in [0, 0.1) is 0 Å². The van der Waals surface area contributed by atoms with Crippen molar-refractivity contribution in [2.75, 3.05) is 25.6 Å². The Morgan fingerprint density at radius 2 is 2.41 bits per heavy atom. The summed E-state index contributed by atoms with van der Waals surface area (Å²) in [5.74, 6) is 0.268. The first-order valence-electron chi connectivity index (χ1n) is 5.64. The third-order valence-corrected chi connectivity index (χ3v) is 2.49. The van der Waals surface area contributed by atoms with Crippen LogP contribution in [0.15, 0.2) is 17.2 Å². The molecule has 0 aliphatic rings. The number of aromatic nitrogens is 2. The zero-order chi connectivity index (χ0) is 12.7. The molecule has 1 aromatic rings. The number of methoxy groups -OCH3 is 1. The van der Waals surface area contributed by atoms with Crippen molar-refractivity contribution in [3.8, 4) is 0 Å². The highest BCUT2D eigenvalue weighted by Crippen LogP contribution is 2.01. The second-order valence-corrected chi connectivity index (χ2v) is 3.67. The Morgan fingerprint density at radius 1 is 1.65 bits per heavy atom. The predicted molar refractivity (Wildman–Crippen MR) is 65.2 cm³/mol. The van der Waals surface area contributed by atoms with Crippen molar-refractivity contribution in [3.63, 3.8) is 0 Å². The lowest BCUT2D eigenvalue weighted by Gasteiger charge is -2.16. The number of aliphatic hydroxyl groups is 1. The highest BCUT2D eigenvalue weighted by Gasteiger charge is 2.11. The van der Waals surface area contributed by atoms with Crippen LogP contribution >= 0.6 is 0 Å². The Bertz CT molecular complexity index is 392. The van der Waals surface area contributed by atoms with Gasteiger partial charge in [0, 0.05) is 32.7 Å². The summed E-state index contributed by atoms with van der Waals surface area (Å²) in [4.78, 5) is 15.8. The molecule has 0 saturated heterocycles. The molecule has 6 nitrogen and oxygen atoms in total. The molecule has 0 radical (unpaired) electrons. The molecule has 6 heteroatoms. The van der Waals surface area contributed by atoms with Gasteiger partial charge in [0.2, 0.25) is 0 Å². The molecule has 0 aromatic carbocycles. The normalized spacial score (nSPS) is 12.4. The van der Waals surface area contributed by atoms with Crippen molar-refractivity contribution in [1.29, 1.82) is 0 Å². The SMILES string of the molecule is CCn1ccnc(NC(CO)CCOC)c1=O. The van der Waals surface area contributed by atoms with E-state index in [1.807, 2.05) is 6.92 Å². The molecule has 0 spiro atoms. The number of rotatable bonds is 7. The average molecular weight is 241 g/mol. The van der Waals surface area contributed by atoms with Crippen LogP contribution in [0.5, 0.6) is 0 Å². The molecule has 0 fully saturated rings. The summed E-state index contributed by atoms with van der Waals surface area (Å²) < 4.78 is 6.49. The third-order valence-electron chi connectivity index (χ3n) is 2.49. The largest absolute Gasteiger partial charge is 0.394 e. The fourth-order valence-corrected chi connectivity index (χ4v) is 1.46. The molecule has 0 bridgehead atoms. The van der Waals surface area contributed by atoms with Gasteiger partial charge >= 0.3 is 0 Å². The highest BCUT2D eigenvalue weighted by molar-refractivity contribution is 5.32. The molecule has 17 heavy (non-hydrogen) atoms. The number of nitrogens with zero attached hydrogens (tertiary/aromatic N) is 2. The molecular weight excluding hydrogens is 222 g/mol. The maximum absolute atomic E-state index is 11.9. The minimum Gasteiger partial charge on any atom is -0.394 e. The van der Waals surface area contributed by atoms with E-state index in [1.165, 1.54) is 0 Å². The van der Waals surface area contributed by atoms with Crippen LogP contribution in [0.2, 0.25) is 0 Å². The molecule has 1 atom stereocenters. The number of anilines is 1. The average Bonchev–Trinajstić information content (AvgIpc) is 2.36. The molecule has 1 aromatic heterocycles. The maximum atomic E-state index is 11.9. The van der Waals surface area contributed by atoms with Crippen LogP contribution in [0.4, 0.5) is 5.82 Å². The van der Waals surface area contributed by atoms with Gasteiger partial charge in [0.05, 0.1) is 12.6 Å². The molecule has 0 aliphatic carbocycles. The van der Waals surface area contributed by atoms with E-state index in [9.17, 15) is 9.90 Å². The molecule has 2 N–H and O–H groups in total. The van der Waals surface area contributed by atoms with Crippen LogP contribution < -0.4 is 10.9 Å². The van der Waals surface area contributed by atoms with Gasteiger partial charge in [-0.15, -0.1) is 0 Å². The van der Waals surface area contributed by atoms with E-state index in [0.29, 0.717) is 19.6 Å². The molecular formula is C11H19N3O3. The van der Waals surface area contributed by atoms with Crippen molar-refractivity contribution in [2.24, 2.45) is 0 Å². The van der Waals surface area contributed by atoms with Gasteiger partial charge in [-0.25, -0.2) is 4.98 Å². The summed E-state index contributed by atoms with van der Waals surface area (Å²) in [6, 6.07) is -0.220. The second-order valence-electron chi connectivity index (χ2n) is 3.67. The summed E-state index contributed by atoms with van der Waals surface area (Å²) in [6.07, 6.45) is 3.82.